The van der Waals surface area contributed by atoms with Gasteiger partial charge in [-0.15, -0.1) is 5.10 Å². The summed E-state index contributed by atoms with van der Waals surface area (Å²) in [6, 6.07) is 3.86. The van der Waals surface area contributed by atoms with Crippen molar-refractivity contribution in [3.8, 4) is 11.4 Å². The van der Waals surface area contributed by atoms with Gasteiger partial charge in [-0.3, -0.25) is 10.1 Å². The largest absolute Gasteiger partial charge is 0.264 e. The molecule has 2 aromatic heterocycles. The molecule has 4 nitrogen and oxygen atoms in total. The molecule has 0 atom stereocenters. The highest BCUT2D eigenvalue weighted by Gasteiger charge is 2.05. The zero-order valence-corrected chi connectivity index (χ0v) is 10.00. The van der Waals surface area contributed by atoms with Crippen LogP contribution in [0.15, 0.2) is 29.7 Å². The number of aromatic nitrogens is 4. The number of hydrogen-bond donors (Lipinski definition) is 1. The molecule has 2 aromatic rings. The van der Waals surface area contributed by atoms with Gasteiger partial charge in [0.05, 0.1) is 0 Å². The number of aromatic amines is 1. The van der Waals surface area contributed by atoms with E-state index in [1.54, 1.807) is 24.2 Å². The SMILES string of the molecule is CCCCSc1n[nH]c(-c2cccnc2)n1. The molecule has 0 bridgehead atoms. The molecule has 0 spiro atoms. The van der Waals surface area contributed by atoms with Crippen LogP contribution in [-0.4, -0.2) is 25.9 Å². The van der Waals surface area contributed by atoms with Crippen molar-refractivity contribution >= 4 is 11.8 Å². The Balaban J connectivity index is 2.02. The number of H-pyrrole nitrogens is 1. The lowest BCUT2D eigenvalue weighted by Gasteiger charge is -1.93. The summed E-state index contributed by atoms with van der Waals surface area (Å²) < 4.78 is 0. The molecule has 0 unspecified atom stereocenters. The van der Waals surface area contributed by atoms with E-state index in [9.17, 15) is 0 Å². The van der Waals surface area contributed by atoms with Crippen LogP contribution in [0.3, 0.4) is 0 Å². The Hall–Kier alpha value is -1.36. The van der Waals surface area contributed by atoms with Crippen LogP contribution < -0.4 is 0 Å². The lowest BCUT2D eigenvalue weighted by atomic mass is 10.3. The van der Waals surface area contributed by atoms with Gasteiger partial charge in [0.15, 0.2) is 5.82 Å². The summed E-state index contributed by atoms with van der Waals surface area (Å²) in [6.07, 6.45) is 5.92. The maximum absolute atomic E-state index is 4.41. The highest BCUT2D eigenvalue weighted by Crippen LogP contribution is 2.18. The first kappa shape index (κ1) is 11.1. The molecular weight excluding hydrogens is 220 g/mol. The van der Waals surface area contributed by atoms with Crippen molar-refractivity contribution in [2.75, 3.05) is 5.75 Å². The minimum Gasteiger partial charge on any atom is -0.264 e. The van der Waals surface area contributed by atoms with E-state index in [-0.39, 0.29) is 0 Å². The molecule has 0 aliphatic rings. The van der Waals surface area contributed by atoms with E-state index in [0.29, 0.717) is 0 Å². The van der Waals surface area contributed by atoms with E-state index in [1.807, 2.05) is 12.1 Å². The number of nitrogens with one attached hydrogen (secondary N) is 1. The first-order valence-corrected chi connectivity index (χ1v) is 6.34. The van der Waals surface area contributed by atoms with Gasteiger partial charge in [-0.05, 0) is 18.6 Å². The Morgan fingerprint density at radius 1 is 1.44 bits per heavy atom. The van der Waals surface area contributed by atoms with Gasteiger partial charge in [-0.2, -0.15) is 0 Å². The normalized spacial score (nSPS) is 10.6. The average Bonchev–Trinajstić information content (AvgIpc) is 2.79. The van der Waals surface area contributed by atoms with E-state index >= 15 is 0 Å². The fourth-order valence-electron chi connectivity index (χ4n) is 1.25. The molecule has 0 radical (unpaired) electrons. The van der Waals surface area contributed by atoms with Crippen molar-refractivity contribution in [1.82, 2.24) is 20.2 Å². The minimum atomic E-state index is 0.784. The van der Waals surface area contributed by atoms with Crippen molar-refractivity contribution < 1.29 is 0 Å². The van der Waals surface area contributed by atoms with Gasteiger partial charge in [-0.1, -0.05) is 25.1 Å². The first-order chi connectivity index (χ1) is 7.90. The van der Waals surface area contributed by atoms with E-state index in [2.05, 4.69) is 27.1 Å². The standard InChI is InChI=1S/C11H14N4S/c1-2-3-7-16-11-13-10(14-15-11)9-5-4-6-12-8-9/h4-6,8H,2-3,7H2,1H3,(H,13,14,15). The van der Waals surface area contributed by atoms with Crippen LogP contribution in [0.4, 0.5) is 0 Å². The lowest BCUT2D eigenvalue weighted by Crippen LogP contribution is -1.82. The third-order valence-electron chi connectivity index (χ3n) is 2.13. The fourth-order valence-corrected chi connectivity index (χ4v) is 2.13. The third kappa shape index (κ3) is 2.82. The quantitative estimate of drug-likeness (QED) is 0.638. The predicted octanol–water partition coefficient (Wildman–Crippen LogP) is 2.76. The maximum atomic E-state index is 4.41. The second-order valence-corrected chi connectivity index (χ2v) is 4.47. The van der Waals surface area contributed by atoms with E-state index in [1.165, 1.54) is 12.8 Å². The zero-order chi connectivity index (χ0) is 11.2. The molecule has 0 saturated carbocycles. The van der Waals surface area contributed by atoms with Gasteiger partial charge >= 0.3 is 0 Å². The van der Waals surface area contributed by atoms with E-state index < -0.39 is 0 Å². The maximum Gasteiger partial charge on any atom is 0.208 e. The Kier molecular flexibility index (Phi) is 3.93. The topological polar surface area (TPSA) is 54.5 Å². The van der Waals surface area contributed by atoms with E-state index in [4.69, 9.17) is 0 Å². The molecular formula is C11H14N4S. The van der Waals surface area contributed by atoms with Gasteiger partial charge < -0.3 is 0 Å². The van der Waals surface area contributed by atoms with Crippen molar-refractivity contribution in [2.45, 2.75) is 24.9 Å². The summed E-state index contributed by atoms with van der Waals surface area (Å²) in [4.78, 5) is 8.46. The molecule has 0 amide bonds. The van der Waals surface area contributed by atoms with Gasteiger partial charge in [0, 0.05) is 23.7 Å². The molecule has 5 heteroatoms. The monoisotopic (exact) mass is 234 g/mol. The van der Waals surface area contributed by atoms with Crippen LogP contribution in [-0.2, 0) is 0 Å². The van der Waals surface area contributed by atoms with Crippen LogP contribution in [0.2, 0.25) is 0 Å². The molecule has 0 aliphatic heterocycles. The number of unbranched alkanes of at least 4 members (excludes halogenated alkanes) is 1. The Bertz CT molecular complexity index is 427. The van der Waals surface area contributed by atoms with Crippen LogP contribution in [0, 0.1) is 0 Å². The summed E-state index contributed by atoms with van der Waals surface area (Å²) in [5, 5.41) is 7.90. The average molecular weight is 234 g/mol. The summed E-state index contributed by atoms with van der Waals surface area (Å²) in [5.41, 5.74) is 0.970. The Morgan fingerprint density at radius 2 is 2.38 bits per heavy atom. The number of nitrogens with zero attached hydrogens (tertiary/aromatic N) is 3. The Labute approximate surface area is 98.9 Å². The fraction of sp³-hybridized carbons (Fsp3) is 0.364. The predicted molar refractivity (Wildman–Crippen MR) is 65.2 cm³/mol. The zero-order valence-electron chi connectivity index (χ0n) is 9.18. The summed E-state index contributed by atoms with van der Waals surface area (Å²) in [6.45, 7) is 2.18. The van der Waals surface area contributed by atoms with Crippen molar-refractivity contribution in [2.24, 2.45) is 0 Å². The molecule has 1 N–H and O–H groups in total. The molecule has 0 saturated heterocycles. The summed E-state index contributed by atoms with van der Waals surface area (Å²) >= 11 is 1.69. The van der Waals surface area contributed by atoms with Crippen LogP contribution in [0.5, 0.6) is 0 Å². The van der Waals surface area contributed by atoms with Crippen LogP contribution in [0.25, 0.3) is 11.4 Å². The molecule has 0 aliphatic carbocycles. The molecule has 2 rings (SSSR count). The van der Waals surface area contributed by atoms with Gasteiger partial charge in [0.2, 0.25) is 5.16 Å². The number of hydrogen-bond acceptors (Lipinski definition) is 4. The molecule has 2 heterocycles. The highest BCUT2D eigenvalue weighted by molar-refractivity contribution is 7.99. The van der Waals surface area contributed by atoms with Gasteiger partial charge in [0.1, 0.15) is 0 Å². The number of rotatable bonds is 5. The lowest BCUT2D eigenvalue weighted by molar-refractivity contribution is 0.889. The number of pyridine rings is 1. The van der Waals surface area contributed by atoms with E-state index in [0.717, 1.165) is 22.3 Å². The van der Waals surface area contributed by atoms with Crippen molar-refractivity contribution in [1.29, 1.82) is 0 Å². The molecule has 0 aromatic carbocycles. The third-order valence-corrected chi connectivity index (χ3v) is 3.06. The number of thioether (sulfide) groups is 1. The van der Waals surface area contributed by atoms with Gasteiger partial charge in [-0.25, -0.2) is 4.98 Å². The van der Waals surface area contributed by atoms with Crippen LogP contribution >= 0.6 is 11.8 Å². The second kappa shape index (κ2) is 5.65. The summed E-state index contributed by atoms with van der Waals surface area (Å²) in [7, 11) is 0. The molecule has 16 heavy (non-hydrogen) atoms. The van der Waals surface area contributed by atoms with Gasteiger partial charge in [0.25, 0.3) is 0 Å². The first-order valence-electron chi connectivity index (χ1n) is 5.35. The Morgan fingerprint density at radius 3 is 3.12 bits per heavy atom. The molecule has 0 fully saturated rings. The summed E-state index contributed by atoms with van der Waals surface area (Å²) in [5.74, 6) is 1.85. The minimum absolute atomic E-state index is 0.784. The van der Waals surface area contributed by atoms with Crippen LogP contribution in [0.1, 0.15) is 19.8 Å². The van der Waals surface area contributed by atoms with Crippen molar-refractivity contribution in [3.05, 3.63) is 24.5 Å². The second-order valence-electron chi connectivity index (χ2n) is 3.41. The molecule has 84 valence electrons. The smallest absolute Gasteiger partial charge is 0.208 e. The van der Waals surface area contributed by atoms with Crippen molar-refractivity contribution in [3.63, 3.8) is 0 Å². The highest BCUT2D eigenvalue weighted by atomic mass is 32.2.